The summed E-state index contributed by atoms with van der Waals surface area (Å²) in [6.45, 7) is 0. The molecule has 0 saturated heterocycles. The molecule has 0 saturated carbocycles. The first-order valence-corrected chi connectivity index (χ1v) is 8.81. The molecule has 0 heterocycles. The van der Waals surface area contributed by atoms with E-state index in [0.717, 1.165) is 0 Å². The van der Waals surface area contributed by atoms with E-state index in [4.69, 9.17) is 28.3 Å². The van der Waals surface area contributed by atoms with Gasteiger partial charge in [-0.3, -0.25) is 0 Å². The molecule has 0 aromatic carbocycles. The smallest absolute Gasteiger partial charge is 0.369 e. The van der Waals surface area contributed by atoms with E-state index < -0.39 is 14.2 Å². The van der Waals surface area contributed by atoms with Gasteiger partial charge in [0.25, 0.3) is 0 Å². The van der Waals surface area contributed by atoms with Crippen molar-refractivity contribution in [3.05, 3.63) is 0 Å². The Morgan fingerprint density at radius 3 is 1.00 bits per heavy atom. The second-order valence-corrected chi connectivity index (χ2v) is 9.98. The molecule has 3 nitrogen and oxygen atoms in total. The zero-order valence-corrected chi connectivity index (χ0v) is 8.20. The summed E-state index contributed by atoms with van der Waals surface area (Å²) in [7, 11) is 14.9. The SMILES string of the molecule is N.O.[Cl][Pt-]([Cl])[Cl].[NH4+]. The summed E-state index contributed by atoms with van der Waals surface area (Å²) in [6, 6.07) is 0. The van der Waals surface area contributed by atoms with Crippen LogP contribution in [0, 0.1) is 0 Å². The monoisotopic (exact) mass is 353 g/mol. The minimum atomic E-state index is -1.85. The number of hydrogen-bond acceptors (Lipinski definition) is 1. The molecule has 0 bridgehead atoms. The molecule has 0 unspecified atom stereocenters. The van der Waals surface area contributed by atoms with Crippen LogP contribution in [0.3, 0.4) is 0 Å². The fourth-order valence-electron chi connectivity index (χ4n) is 0. The fourth-order valence-corrected chi connectivity index (χ4v) is 0. The van der Waals surface area contributed by atoms with Gasteiger partial charge in [0.1, 0.15) is 0 Å². The number of quaternary nitrogens is 1. The molecule has 56 valence electrons. The van der Waals surface area contributed by atoms with Crippen LogP contribution in [-0.4, -0.2) is 5.48 Å². The average molecular weight is 355 g/mol. The second-order valence-electron chi connectivity index (χ2n) is 0.136. The third-order valence-electron chi connectivity index (χ3n) is 0. The Morgan fingerprint density at radius 1 is 1.00 bits per heavy atom. The molecular formula is H9Cl3N2OPt. The van der Waals surface area contributed by atoms with Gasteiger partial charge >= 0.3 is 42.4 Å². The molecule has 0 aliphatic carbocycles. The summed E-state index contributed by atoms with van der Waals surface area (Å²) in [4.78, 5) is 0. The van der Waals surface area contributed by atoms with Gasteiger partial charge in [-0.25, -0.2) is 0 Å². The van der Waals surface area contributed by atoms with Crippen LogP contribution >= 0.6 is 28.3 Å². The van der Waals surface area contributed by atoms with Gasteiger partial charge in [0.05, 0.1) is 0 Å². The molecule has 0 aliphatic rings. The van der Waals surface area contributed by atoms with Gasteiger partial charge < -0.3 is 17.8 Å². The molecule has 0 aromatic heterocycles. The van der Waals surface area contributed by atoms with Crippen molar-refractivity contribution in [3.63, 3.8) is 0 Å². The topological polar surface area (TPSA) is 103 Å². The van der Waals surface area contributed by atoms with E-state index >= 15 is 0 Å². The van der Waals surface area contributed by atoms with Crippen molar-refractivity contribution < 1.29 is 19.7 Å². The first-order valence-electron chi connectivity index (χ1n) is 0.359. The van der Waals surface area contributed by atoms with Crippen molar-refractivity contribution in [1.29, 1.82) is 0 Å². The molecule has 0 fully saturated rings. The van der Waals surface area contributed by atoms with Gasteiger partial charge in [-0.05, 0) is 0 Å². The van der Waals surface area contributed by atoms with E-state index in [1.165, 1.54) is 0 Å². The van der Waals surface area contributed by atoms with E-state index in [1.807, 2.05) is 0 Å². The van der Waals surface area contributed by atoms with Crippen LogP contribution < -0.4 is 12.3 Å². The Bertz CT molecular complexity index is 17.7. The summed E-state index contributed by atoms with van der Waals surface area (Å²) in [6.07, 6.45) is 0. The van der Waals surface area contributed by atoms with Gasteiger partial charge in [0.2, 0.25) is 0 Å². The Kier molecular flexibility index (Phi) is 53.0. The third-order valence-corrected chi connectivity index (χ3v) is 0. The van der Waals surface area contributed by atoms with E-state index in [0.29, 0.717) is 0 Å². The van der Waals surface area contributed by atoms with Crippen molar-refractivity contribution in [2.24, 2.45) is 0 Å². The third kappa shape index (κ3) is 106. The molecule has 0 atom stereocenters. The summed E-state index contributed by atoms with van der Waals surface area (Å²) in [5, 5.41) is 0. The van der Waals surface area contributed by atoms with Gasteiger partial charge in [-0.1, -0.05) is 0 Å². The maximum atomic E-state index is 4.96. The maximum Gasteiger partial charge on any atom is -0.369 e. The largest absolute Gasteiger partial charge is 0.369 e. The van der Waals surface area contributed by atoms with Gasteiger partial charge in [0.15, 0.2) is 0 Å². The minimum Gasteiger partial charge on any atom is -0.369 e. The van der Waals surface area contributed by atoms with Crippen LogP contribution in [0.5, 0.6) is 0 Å². The predicted molar refractivity (Wildman–Crippen MR) is 32.2 cm³/mol. The molecule has 0 aromatic rings. The zero-order chi connectivity index (χ0) is 3.58. The summed E-state index contributed by atoms with van der Waals surface area (Å²) >= 11 is -1.85. The molecular weight excluding hydrogens is 345 g/mol. The summed E-state index contributed by atoms with van der Waals surface area (Å²) < 4.78 is 0. The van der Waals surface area contributed by atoms with Crippen molar-refractivity contribution in [3.8, 4) is 0 Å². The van der Waals surface area contributed by atoms with Crippen molar-refractivity contribution in [1.82, 2.24) is 12.3 Å². The zero-order valence-electron chi connectivity index (χ0n) is 3.66. The summed E-state index contributed by atoms with van der Waals surface area (Å²) in [5.41, 5.74) is 0. The van der Waals surface area contributed by atoms with Crippen molar-refractivity contribution in [2.45, 2.75) is 0 Å². The summed E-state index contributed by atoms with van der Waals surface area (Å²) in [5.74, 6) is 0. The quantitative estimate of drug-likeness (QED) is 0.680. The average Bonchev–Trinajstić information content (AvgIpc) is 0.811. The molecule has 0 amide bonds. The predicted octanol–water partition coefficient (Wildman–Crippen LogP) is 1.78. The van der Waals surface area contributed by atoms with Crippen LogP contribution in [0.2, 0.25) is 0 Å². The van der Waals surface area contributed by atoms with Crippen LogP contribution in [0.1, 0.15) is 0 Å². The molecule has 7 heavy (non-hydrogen) atoms. The number of hydrogen-bond donors (Lipinski definition) is 2. The standard InChI is InChI=1S/3ClH.2H3N.H2O.Pt/h3*1H;2*1H3;1H2;/q;;;;;;+2/p-2. The molecule has 7 heteroatoms. The van der Waals surface area contributed by atoms with Gasteiger partial charge in [-0.15, -0.1) is 0 Å². The van der Waals surface area contributed by atoms with Gasteiger partial charge in [-0.2, -0.15) is 0 Å². The van der Waals surface area contributed by atoms with E-state index in [1.54, 1.807) is 0 Å². The first-order chi connectivity index (χ1) is 1.73. The van der Waals surface area contributed by atoms with E-state index in [2.05, 4.69) is 0 Å². The van der Waals surface area contributed by atoms with Crippen molar-refractivity contribution >= 4 is 28.3 Å². The first kappa shape index (κ1) is 23.7. The Hall–Kier alpha value is 1.44. The molecule has 0 spiro atoms. The molecule has 0 rings (SSSR count). The normalized spacial score (nSPS) is 6.43. The molecule has 0 aliphatic heterocycles. The number of halogens is 3. The van der Waals surface area contributed by atoms with E-state index in [-0.39, 0.29) is 17.8 Å². The number of rotatable bonds is 0. The Morgan fingerprint density at radius 2 is 1.00 bits per heavy atom. The Balaban J connectivity index is -0.0000000150. The Labute approximate surface area is 60.1 Å². The van der Waals surface area contributed by atoms with Crippen LogP contribution in [-0.2, 0) is 14.2 Å². The van der Waals surface area contributed by atoms with Crippen LogP contribution in [0.4, 0.5) is 0 Å². The second kappa shape index (κ2) is 15.7. The van der Waals surface area contributed by atoms with Crippen LogP contribution in [0.15, 0.2) is 0 Å². The van der Waals surface area contributed by atoms with Crippen LogP contribution in [0.25, 0.3) is 0 Å². The van der Waals surface area contributed by atoms with E-state index in [9.17, 15) is 0 Å². The molecule has 9 N–H and O–H groups in total. The minimum absolute atomic E-state index is 0. The maximum absolute atomic E-state index is 4.96. The van der Waals surface area contributed by atoms with Gasteiger partial charge in [0, 0.05) is 0 Å². The molecule has 0 radical (unpaired) electrons. The van der Waals surface area contributed by atoms with Crippen molar-refractivity contribution in [2.75, 3.05) is 0 Å². The fraction of sp³-hybridized carbons (Fsp3) is 0.